The van der Waals surface area contributed by atoms with Crippen LogP contribution in [0.3, 0.4) is 0 Å². The minimum absolute atomic E-state index is 0.341. The first-order valence-electron chi connectivity index (χ1n) is 6.71. The van der Waals surface area contributed by atoms with Crippen molar-refractivity contribution in [2.75, 3.05) is 13.2 Å². The van der Waals surface area contributed by atoms with E-state index >= 15 is 0 Å². The van der Waals surface area contributed by atoms with Crippen LogP contribution in [0.15, 0.2) is 18.2 Å². The Balaban J connectivity index is 2.47. The van der Waals surface area contributed by atoms with Gasteiger partial charge in [0.1, 0.15) is 5.82 Å². The van der Waals surface area contributed by atoms with Crippen LogP contribution in [0, 0.1) is 0 Å². The van der Waals surface area contributed by atoms with Crippen molar-refractivity contribution in [2.24, 2.45) is 0 Å². The van der Waals surface area contributed by atoms with E-state index in [1.54, 1.807) is 4.57 Å². The predicted octanol–water partition coefficient (Wildman–Crippen LogP) is 3.28. The summed E-state index contributed by atoms with van der Waals surface area (Å²) in [7, 11) is 0. The molecule has 1 aromatic carbocycles. The Morgan fingerprint density at radius 3 is 2.40 bits per heavy atom. The summed E-state index contributed by atoms with van der Waals surface area (Å²) in [5.74, 6) is 2.22. The van der Waals surface area contributed by atoms with Crippen LogP contribution in [0.5, 0.6) is 11.5 Å². The summed E-state index contributed by atoms with van der Waals surface area (Å²) in [6, 6.07) is 5.68. The highest BCUT2D eigenvalue weighted by atomic mass is 35.5. The topological polar surface area (TPSA) is 49.2 Å². The van der Waals surface area contributed by atoms with Crippen LogP contribution >= 0.6 is 11.6 Å². The highest BCUT2D eigenvalue weighted by Gasteiger charge is 2.13. The summed E-state index contributed by atoms with van der Waals surface area (Å²) in [4.78, 5) is 0. The first-order chi connectivity index (χ1) is 9.71. The van der Waals surface area contributed by atoms with E-state index in [-0.39, 0.29) is 0 Å². The fourth-order valence-electron chi connectivity index (χ4n) is 1.96. The Morgan fingerprint density at radius 2 is 1.75 bits per heavy atom. The zero-order valence-electron chi connectivity index (χ0n) is 11.9. The highest BCUT2D eigenvalue weighted by Crippen LogP contribution is 2.31. The molecule has 108 valence electrons. The van der Waals surface area contributed by atoms with Gasteiger partial charge < -0.3 is 9.47 Å². The van der Waals surface area contributed by atoms with Crippen molar-refractivity contribution in [3.8, 4) is 17.2 Å². The molecule has 0 aliphatic rings. The zero-order valence-corrected chi connectivity index (χ0v) is 12.6. The van der Waals surface area contributed by atoms with Crippen molar-refractivity contribution in [1.29, 1.82) is 0 Å². The normalized spacial score (nSPS) is 10.6. The van der Waals surface area contributed by atoms with Gasteiger partial charge in [-0.3, -0.25) is 4.57 Å². The number of ether oxygens (including phenoxy) is 2. The maximum atomic E-state index is 6.11. The van der Waals surface area contributed by atoms with Crippen LogP contribution in [0.25, 0.3) is 5.69 Å². The van der Waals surface area contributed by atoms with Crippen molar-refractivity contribution in [2.45, 2.75) is 27.2 Å². The first kappa shape index (κ1) is 14.7. The third-order valence-electron chi connectivity index (χ3n) is 2.79. The van der Waals surface area contributed by atoms with Gasteiger partial charge >= 0.3 is 0 Å². The predicted molar refractivity (Wildman–Crippen MR) is 78.1 cm³/mol. The molecule has 2 rings (SSSR count). The van der Waals surface area contributed by atoms with Gasteiger partial charge in [0, 0.05) is 12.5 Å². The molecule has 0 aliphatic carbocycles. The van der Waals surface area contributed by atoms with Crippen LogP contribution < -0.4 is 9.47 Å². The molecule has 0 spiro atoms. The number of halogens is 1. The van der Waals surface area contributed by atoms with E-state index in [4.69, 9.17) is 21.1 Å². The van der Waals surface area contributed by atoms with Gasteiger partial charge in [-0.15, -0.1) is 10.2 Å². The summed E-state index contributed by atoms with van der Waals surface area (Å²) >= 11 is 6.11. The molecule has 0 radical (unpaired) electrons. The van der Waals surface area contributed by atoms with E-state index in [0.717, 1.165) is 23.7 Å². The van der Waals surface area contributed by atoms with Gasteiger partial charge in [-0.05, 0) is 37.6 Å². The summed E-state index contributed by atoms with van der Waals surface area (Å²) < 4.78 is 13.0. The molecule has 5 nitrogen and oxygen atoms in total. The third kappa shape index (κ3) is 2.88. The van der Waals surface area contributed by atoms with E-state index in [1.165, 1.54) is 0 Å². The van der Waals surface area contributed by atoms with Gasteiger partial charge in [0.2, 0.25) is 5.28 Å². The Hall–Kier alpha value is -1.75. The lowest BCUT2D eigenvalue weighted by Gasteiger charge is -2.13. The van der Waals surface area contributed by atoms with E-state index in [9.17, 15) is 0 Å². The monoisotopic (exact) mass is 295 g/mol. The fraction of sp³-hybridized carbons (Fsp3) is 0.429. The molecule has 2 aromatic rings. The van der Waals surface area contributed by atoms with Crippen molar-refractivity contribution >= 4 is 11.6 Å². The molecule has 0 bridgehead atoms. The Labute approximate surface area is 123 Å². The van der Waals surface area contributed by atoms with Gasteiger partial charge in [0.25, 0.3) is 0 Å². The molecule has 20 heavy (non-hydrogen) atoms. The second kappa shape index (κ2) is 6.61. The molecule has 0 saturated carbocycles. The molecule has 6 heteroatoms. The zero-order chi connectivity index (χ0) is 14.5. The van der Waals surface area contributed by atoms with Crippen molar-refractivity contribution in [1.82, 2.24) is 14.8 Å². The van der Waals surface area contributed by atoms with Gasteiger partial charge in [-0.1, -0.05) is 6.92 Å². The quantitative estimate of drug-likeness (QED) is 0.820. The summed E-state index contributed by atoms with van der Waals surface area (Å²) in [6.45, 7) is 7.04. The third-order valence-corrected chi connectivity index (χ3v) is 3.04. The number of hydrogen-bond acceptors (Lipinski definition) is 4. The van der Waals surface area contributed by atoms with Gasteiger partial charge in [-0.2, -0.15) is 0 Å². The number of nitrogens with zero attached hydrogens (tertiary/aromatic N) is 3. The minimum atomic E-state index is 0.341. The lowest BCUT2D eigenvalue weighted by Crippen LogP contribution is -2.03. The average Bonchev–Trinajstić information content (AvgIpc) is 2.82. The summed E-state index contributed by atoms with van der Waals surface area (Å²) in [6.07, 6.45) is 0.747. The van der Waals surface area contributed by atoms with Crippen LogP contribution in [-0.2, 0) is 6.42 Å². The molecule has 1 heterocycles. The van der Waals surface area contributed by atoms with Crippen LogP contribution in [0.1, 0.15) is 26.6 Å². The SMILES string of the molecule is CCOc1ccc(-n2c(Cl)nnc2CC)cc1OCC. The molecular weight excluding hydrogens is 278 g/mol. The molecule has 0 atom stereocenters. The largest absolute Gasteiger partial charge is 0.490 e. The second-order valence-corrected chi connectivity index (χ2v) is 4.41. The first-order valence-corrected chi connectivity index (χ1v) is 7.08. The van der Waals surface area contributed by atoms with Gasteiger partial charge in [0.05, 0.1) is 18.9 Å². The molecule has 1 aromatic heterocycles. The average molecular weight is 296 g/mol. The maximum absolute atomic E-state index is 6.11. The van der Waals surface area contributed by atoms with Crippen molar-refractivity contribution < 1.29 is 9.47 Å². The van der Waals surface area contributed by atoms with E-state index < -0.39 is 0 Å². The van der Waals surface area contributed by atoms with Crippen LogP contribution in [0.2, 0.25) is 5.28 Å². The number of aryl methyl sites for hydroxylation is 1. The number of benzene rings is 1. The van der Waals surface area contributed by atoms with Crippen molar-refractivity contribution in [3.05, 3.63) is 29.3 Å². The molecule has 0 aliphatic heterocycles. The van der Waals surface area contributed by atoms with E-state index in [1.807, 2.05) is 39.0 Å². The van der Waals surface area contributed by atoms with Gasteiger partial charge in [-0.25, -0.2) is 0 Å². The minimum Gasteiger partial charge on any atom is -0.490 e. The van der Waals surface area contributed by atoms with Gasteiger partial charge in [0.15, 0.2) is 11.5 Å². The number of rotatable bonds is 6. The fourth-order valence-corrected chi connectivity index (χ4v) is 2.19. The molecule has 0 unspecified atom stereocenters. The Morgan fingerprint density at radius 1 is 1.05 bits per heavy atom. The second-order valence-electron chi connectivity index (χ2n) is 4.07. The van der Waals surface area contributed by atoms with Crippen LogP contribution in [-0.4, -0.2) is 28.0 Å². The van der Waals surface area contributed by atoms with E-state index in [0.29, 0.717) is 24.2 Å². The molecular formula is C14H18ClN3O2. The van der Waals surface area contributed by atoms with E-state index in [2.05, 4.69) is 10.2 Å². The lowest BCUT2D eigenvalue weighted by atomic mass is 10.2. The Kier molecular flexibility index (Phi) is 4.84. The maximum Gasteiger partial charge on any atom is 0.229 e. The smallest absolute Gasteiger partial charge is 0.229 e. The molecule has 0 fully saturated rings. The standard InChI is InChI=1S/C14H18ClN3O2/c1-4-13-16-17-14(15)18(13)10-7-8-11(19-5-2)12(9-10)20-6-3/h7-9H,4-6H2,1-3H3. The Bertz CT molecular complexity index is 584. The molecule has 0 saturated heterocycles. The molecule has 0 N–H and O–H groups in total. The summed E-state index contributed by atoms with van der Waals surface area (Å²) in [5.41, 5.74) is 0.865. The summed E-state index contributed by atoms with van der Waals surface area (Å²) in [5, 5.41) is 8.30. The van der Waals surface area contributed by atoms with Crippen LogP contribution in [0.4, 0.5) is 0 Å². The number of aromatic nitrogens is 3. The number of hydrogen-bond donors (Lipinski definition) is 0. The molecule has 0 amide bonds. The van der Waals surface area contributed by atoms with Crippen molar-refractivity contribution in [3.63, 3.8) is 0 Å². The lowest BCUT2D eigenvalue weighted by molar-refractivity contribution is 0.287. The highest BCUT2D eigenvalue weighted by molar-refractivity contribution is 6.28.